The average Bonchev–Trinajstić information content (AvgIpc) is 2.48. The summed E-state index contributed by atoms with van der Waals surface area (Å²) in [6, 6.07) is 7.05. The standard InChI is InChI=1S/C19H25N3/c20-7-1-4-17-10-16-11-18(13-17,5-2-8-21)15-19(12-16,14-17)6-3-9-22/h16H,1-6,10-15H2. The van der Waals surface area contributed by atoms with Crippen molar-refractivity contribution in [2.24, 2.45) is 22.2 Å². The first kappa shape index (κ1) is 15.4. The fourth-order valence-electron chi connectivity index (χ4n) is 6.86. The van der Waals surface area contributed by atoms with E-state index < -0.39 is 0 Å². The van der Waals surface area contributed by atoms with E-state index in [9.17, 15) is 0 Å². The van der Waals surface area contributed by atoms with E-state index in [0.717, 1.165) is 25.2 Å². The second-order valence-electron chi connectivity index (χ2n) is 8.48. The lowest BCUT2D eigenvalue weighted by atomic mass is 9.37. The van der Waals surface area contributed by atoms with Crippen LogP contribution in [-0.2, 0) is 0 Å². The van der Waals surface area contributed by atoms with Gasteiger partial charge in [-0.05, 0) is 80.0 Å². The van der Waals surface area contributed by atoms with Gasteiger partial charge in [-0.25, -0.2) is 0 Å². The number of rotatable bonds is 6. The quantitative estimate of drug-likeness (QED) is 0.702. The van der Waals surface area contributed by atoms with Crippen molar-refractivity contribution in [1.29, 1.82) is 15.8 Å². The van der Waals surface area contributed by atoms with Gasteiger partial charge in [0.15, 0.2) is 0 Å². The van der Waals surface area contributed by atoms with E-state index in [1.54, 1.807) is 0 Å². The molecule has 0 atom stereocenters. The summed E-state index contributed by atoms with van der Waals surface area (Å²) < 4.78 is 0. The maximum absolute atomic E-state index is 9.04. The monoisotopic (exact) mass is 295 g/mol. The van der Waals surface area contributed by atoms with Crippen molar-refractivity contribution in [2.75, 3.05) is 0 Å². The van der Waals surface area contributed by atoms with Crippen molar-refractivity contribution in [3.63, 3.8) is 0 Å². The fourth-order valence-corrected chi connectivity index (χ4v) is 6.86. The van der Waals surface area contributed by atoms with Crippen molar-refractivity contribution < 1.29 is 0 Å². The molecule has 22 heavy (non-hydrogen) atoms. The van der Waals surface area contributed by atoms with Crippen LogP contribution in [0.4, 0.5) is 0 Å². The molecule has 0 spiro atoms. The molecule has 0 aromatic rings. The molecule has 0 radical (unpaired) electrons. The summed E-state index contributed by atoms with van der Waals surface area (Å²) in [7, 11) is 0. The molecule has 0 heterocycles. The zero-order chi connectivity index (χ0) is 15.7. The van der Waals surface area contributed by atoms with Crippen molar-refractivity contribution in [3.8, 4) is 18.2 Å². The highest BCUT2D eigenvalue weighted by Gasteiger charge is 2.62. The van der Waals surface area contributed by atoms with Gasteiger partial charge in [-0.15, -0.1) is 0 Å². The maximum atomic E-state index is 9.04. The summed E-state index contributed by atoms with van der Waals surface area (Å²) in [6.07, 6.45) is 12.6. The fraction of sp³-hybridized carbons (Fsp3) is 0.842. The Morgan fingerprint density at radius 2 is 0.955 bits per heavy atom. The summed E-state index contributed by atoms with van der Waals surface area (Å²) >= 11 is 0. The topological polar surface area (TPSA) is 71.4 Å². The van der Waals surface area contributed by atoms with Crippen molar-refractivity contribution in [1.82, 2.24) is 0 Å². The molecule has 4 aliphatic rings. The van der Waals surface area contributed by atoms with E-state index in [-0.39, 0.29) is 0 Å². The summed E-state index contributed by atoms with van der Waals surface area (Å²) in [6.45, 7) is 0. The summed E-state index contributed by atoms with van der Waals surface area (Å²) in [5.74, 6) is 0.771. The average molecular weight is 295 g/mol. The zero-order valence-corrected chi connectivity index (χ0v) is 13.4. The molecule has 3 heteroatoms. The van der Waals surface area contributed by atoms with E-state index in [1.807, 2.05) is 0 Å². The minimum atomic E-state index is 0.333. The van der Waals surface area contributed by atoms with E-state index in [1.165, 1.54) is 38.5 Å². The molecule has 4 rings (SSSR count). The van der Waals surface area contributed by atoms with Gasteiger partial charge in [0.05, 0.1) is 18.2 Å². The van der Waals surface area contributed by atoms with Gasteiger partial charge in [0, 0.05) is 19.3 Å². The third-order valence-corrected chi connectivity index (χ3v) is 6.72. The van der Waals surface area contributed by atoms with Crippen LogP contribution < -0.4 is 0 Å². The van der Waals surface area contributed by atoms with Crippen LogP contribution in [0.15, 0.2) is 0 Å². The van der Waals surface area contributed by atoms with Crippen molar-refractivity contribution in [2.45, 2.75) is 77.0 Å². The van der Waals surface area contributed by atoms with Crippen molar-refractivity contribution in [3.05, 3.63) is 0 Å². The lowest BCUT2D eigenvalue weighted by Crippen LogP contribution is -2.56. The second-order valence-corrected chi connectivity index (χ2v) is 8.48. The van der Waals surface area contributed by atoms with Gasteiger partial charge in [-0.2, -0.15) is 15.8 Å². The molecule has 4 bridgehead atoms. The minimum Gasteiger partial charge on any atom is -0.198 e. The van der Waals surface area contributed by atoms with Gasteiger partial charge in [0.25, 0.3) is 0 Å². The first-order valence-electron chi connectivity index (χ1n) is 8.70. The molecule has 0 amide bonds. The minimum absolute atomic E-state index is 0.333. The third-order valence-electron chi connectivity index (χ3n) is 6.72. The molecule has 0 saturated heterocycles. The van der Waals surface area contributed by atoms with Crippen LogP contribution in [0.25, 0.3) is 0 Å². The van der Waals surface area contributed by atoms with Crippen LogP contribution in [-0.4, -0.2) is 0 Å². The van der Waals surface area contributed by atoms with E-state index in [0.29, 0.717) is 35.5 Å². The number of hydrogen-bond acceptors (Lipinski definition) is 3. The first-order valence-corrected chi connectivity index (χ1v) is 8.70. The van der Waals surface area contributed by atoms with E-state index in [2.05, 4.69) is 18.2 Å². The lowest BCUT2D eigenvalue weighted by Gasteiger charge is -2.67. The Bertz CT molecular complexity index is 470. The van der Waals surface area contributed by atoms with E-state index >= 15 is 0 Å². The Kier molecular flexibility index (Phi) is 3.91. The molecule has 4 aliphatic carbocycles. The maximum Gasteiger partial charge on any atom is 0.0621 e. The molecule has 3 nitrogen and oxygen atoms in total. The van der Waals surface area contributed by atoms with Gasteiger partial charge < -0.3 is 0 Å². The summed E-state index contributed by atoms with van der Waals surface area (Å²) in [5, 5.41) is 27.1. The Morgan fingerprint density at radius 1 is 0.636 bits per heavy atom. The SMILES string of the molecule is N#CCCC12CC3CC(CCC#N)(C1)CC(CCC#N)(C3)C2. The van der Waals surface area contributed by atoms with Crippen LogP contribution >= 0.6 is 0 Å². The van der Waals surface area contributed by atoms with Gasteiger partial charge >= 0.3 is 0 Å². The molecule has 116 valence electrons. The van der Waals surface area contributed by atoms with Crippen LogP contribution in [0.5, 0.6) is 0 Å². The van der Waals surface area contributed by atoms with Gasteiger partial charge in [0.1, 0.15) is 0 Å². The largest absolute Gasteiger partial charge is 0.198 e. The van der Waals surface area contributed by atoms with Crippen molar-refractivity contribution >= 4 is 0 Å². The predicted octanol–water partition coefficient (Wildman–Crippen LogP) is 4.85. The highest BCUT2D eigenvalue weighted by molar-refractivity contribution is 5.13. The van der Waals surface area contributed by atoms with E-state index in [4.69, 9.17) is 15.8 Å². The Balaban J connectivity index is 1.88. The molecule has 0 aliphatic heterocycles. The number of nitriles is 3. The predicted molar refractivity (Wildman–Crippen MR) is 83.0 cm³/mol. The molecule has 0 N–H and O–H groups in total. The summed E-state index contributed by atoms with van der Waals surface area (Å²) in [4.78, 5) is 0. The molecule has 0 aromatic carbocycles. The Hall–Kier alpha value is -1.53. The molecule has 0 unspecified atom stereocenters. The third kappa shape index (κ3) is 2.61. The van der Waals surface area contributed by atoms with Crippen LogP contribution in [0.3, 0.4) is 0 Å². The highest BCUT2D eigenvalue weighted by atomic mass is 14.7. The molecular weight excluding hydrogens is 270 g/mol. The molecule has 4 saturated carbocycles. The second kappa shape index (κ2) is 5.59. The van der Waals surface area contributed by atoms with Crippen LogP contribution in [0.1, 0.15) is 77.0 Å². The van der Waals surface area contributed by atoms with Crippen LogP contribution in [0, 0.1) is 56.2 Å². The van der Waals surface area contributed by atoms with Gasteiger partial charge in [0.2, 0.25) is 0 Å². The lowest BCUT2D eigenvalue weighted by molar-refractivity contribution is -0.166. The normalized spacial score (nSPS) is 41.6. The Labute approximate surface area is 133 Å². The highest BCUT2D eigenvalue weighted by Crippen LogP contribution is 2.72. The molecule has 4 fully saturated rings. The number of hydrogen-bond donors (Lipinski definition) is 0. The molecular formula is C19H25N3. The smallest absolute Gasteiger partial charge is 0.0621 e. The Morgan fingerprint density at radius 3 is 1.23 bits per heavy atom. The van der Waals surface area contributed by atoms with Gasteiger partial charge in [-0.3, -0.25) is 0 Å². The van der Waals surface area contributed by atoms with Gasteiger partial charge in [-0.1, -0.05) is 0 Å². The van der Waals surface area contributed by atoms with Crippen LogP contribution in [0.2, 0.25) is 0 Å². The first-order chi connectivity index (χ1) is 10.6. The summed E-state index contributed by atoms with van der Waals surface area (Å²) in [5.41, 5.74) is 1.00. The number of nitrogens with zero attached hydrogens (tertiary/aromatic N) is 3. The molecule has 0 aromatic heterocycles. The zero-order valence-electron chi connectivity index (χ0n) is 13.4.